The molecule has 5 heteroatoms. The van der Waals surface area contributed by atoms with Gasteiger partial charge in [-0.1, -0.05) is 19.3 Å². The Morgan fingerprint density at radius 1 is 1.10 bits per heavy atom. The number of carbonyl (C=O) groups excluding carboxylic acids is 1. The first-order valence-electron chi connectivity index (χ1n) is 7.37. The highest BCUT2D eigenvalue weighted by molar-refractivity contribution is 5.91. The van der Waals surface area contributed by atoms with E-state index in [4.69, 9.17) is 0 Å². The first-order chi connectivity index (χ1) is 9.44. The van der Waals surface area contributed by atoms with Gasteiger partial charge >= 0.3 is 0 Å². The van der Waals surface area contributed by atoms with Gasteiger partial charge in [-0.2, -0.15) is 0 Å². The van der Waals surface area contributed by atoms with Crippen molar-refractivity contribution in [3.63, 3.8) is 0 Å². The fourth-order valence-electron chi connectivity index (χ4n) is 2.44. The Morgan fingerprint density at radius 2 is 1.70 bits per heavy atom. The zero-order chi connectivity index (χ0) is 14.6. The Hall–Kier alpha value is -1.65. The molecule has 1 fully saturated rings. The molecule has 1 saturated carbocycles. The fraction of sp³-hybridized carbons (Fsp3) is 0.667. The molecule has 0 aliphatic heterocycles. The van der Waals surface area contributed by atoms with Crippen molar-refractivity contribution in [3.05, 3.63) is 12.1 Å². The number of rotatable bonds is 3. The van der Waals surface area contributed by atoms with E-state index >= 15 is 0 Å². The van der Waals surface area contributed by atoms with Gasteiger partial charge in [-0.3, -0.25) is 4.79 Å². The molecule has 110 valence electrons. The third-order valence-electron chi connectivity index (χ3n) is 3.39. The van der Waals surface area contributed by atoms with Crippen molar-refractivity contribution in [2.45, 2.75) is 58.4 Å². The van der Waals surface area contributed by atoms with Crippen LogP contribution in [0, 0.1) is 5.92 Å². The highest BCUT2D eigenvalue weighted by Gasteiger charge is 2.21. The second-order valence-corrected chi connectivity index (χ2v) is 6.50. The molecule has 1 heterocycles. The molecule has 0 unspecified atom stereocenters. The molecule has 2 N–H and O–H groups in total. The van der Waals surface area contributed by atoms with Crippen LogP contribution in [0.1, 0.15) is 52.9 Å². The smallest absolute Gasteiger partial charge is 0.228 e. The van der Waals surface area contributed by atoms with Crippen LogP contribution in [0.15, 0.2) is 12.1 Å². The number of nitrogens with zero attached hydrogens (tertiary/aromatic N) is 2. The predicted molar refractivity (Wildman–Crippen MR) is 80.6 cm³/mol. The van der Waals surface area contributed by atoms with Crippen LogP contribution in [0.2, 0.25) is 0 Å². The van der Waals surface area contributed by atoms with Crippen molar-refractivity contribution < 1.29 is 4.79 Å². The summed E-state index contributed by atoms with van der Waals surface area (Å²) in [6, 6.07) is 3.64. The number of anilines is 2. The monoisotopic (exact) mass is 276 g/mol. The predicted octanol–water partition coefficient (Wildman–Crippen LogP) is 3.21. The van der Waals surface area contributed by atoms with Crippen LogP contribution < -0.4 is 10.6 Å². The lowest BCUT2D eigenvalue weighted by Crippen LogP contribution is -2.27. The average molecular weight is 276 g/mol. The third kappa shape index (κ3) is 4.47. The Balaban J connectivity index is 1.91. The number of carbonyl (C=O) groups is 1. The van der Waals surface area contributed by atoms with E-state index in [0.717, 1.165) is 25.7 Å². The van der Waals surface area contributed by atoms with Gasteiger partial charge in [-0.25, -0.2) is 0 Å². The zero-order valence-corrected chi connectivity index (χ0v) is 12.6. The topological polar surface area (TPSA) is 66.9 Å². The normalized spacial score (nSPS) is 16.8. The first kappa shape index (κ1) is 14.8. The molecule has 1 aromatic rings. The molecule has 1 aliphatic carbocycles. The van der Waals surface area contributed by atoms with E-state index in [0.29, 0.717) is 11.6 Å². The van der Waals surface area contributed by atoms with Crippen LogP contribution in [0.25, 0.3) is 0 Å². The molecular formula is C15H24N4O. The SMILES string of the molecule is CC(C)(C)Nc1ccc(NC(=O)C2CCCCC2)nn1. The molecule has 2 rings (SSSR count). The molecule has 1 aromatic heterocycles. The summed E-state index contributed by atoms with van der Waals surface area (Å²) in [5, 5.41) is 14.2. The van der Waals surface area contributed by atoms with Gasteiger partial charge in [0.1, 0.15) is 5.82 Å². The van der Waals surface area contributed by atoms with Crippen molar-refractivity contribution >= 4 is 17.5 Å². The van der Waals surface area contributed by atoms with Gasteiger partial charge in [0.25, 0.3) is 0 Å². The lowest BCUT2D eigenvalue weighted by atomic mass is 9.89. The molecule has 0 bridgehead atoms. The quantitative estimate of drug-likeness (QED) is 0.889. The molecular weight excluding hydrogens is 252 g/mol. The standard InChI is InChI=1S/C15H24N4O/c1-15(2,3)17-13-10-9-12(18-19-13)16-14(20)11-7-5-4-6-8-11/h9-11H,4-8H2,1-3H3,(H,17,19)(H,16,18,20). The van der Waals surface area contributed by atoms with Gasteiger partial charge in [0.05, 0.1) is 0 Å². The van der Waals surface area contributed by atoms with E-state index in [1.807, 2.05) is 6.07 Å². The fourth-order valence-corrected chi connectivity index (χ4v) is 2.44. The zero-order valence-electron chi connectivity index (χ0n) is 12.6. The summed E-state index contributed by atoms with van der Waals surface area (Å²) in [6.07, 6.45) is 5.53. The van der Waals surface area contributed by atoms with Crippen molar-refractivity contribution in [2.24, 2.45) is 5.92 Å². The summed E-state index contributed by atoms with van der Waals surface area (Å²) >= 11 is 0. The Kier molecular flexibility index (Phi) is 4.57. The Morgan fingerprint density at radius 3 is 2.25 bits per heavy atom. The van der Waals surface area contributed by atoms with Crippen LogP contribution in [-0.2, 0) is 4.79 Å². The van der Waals surface area contributed by atoms with E-state index in [1.54, 1.807) is 6.07 Å². The minimum absolute atomic E-state index is 0.0540. The highest BCUT2D eigenvalue weighted by Crippen LogP contribution is 2.24. The molecule has 0 spiro atoms. The minimum Gasteiger partial charge on any atom is -0.364 e. The van der Waals surface area contributed by atoms with E-state index in [2.05, 4.69) is 41.6 Å². The van der Waals surface area contributed by atoms with Crippen LogP contribution in [-0.4, -0.2) is 21.6 Å². The molecule has 5 nitrogen and oxygen atoms in total. The lowest BCUT2D eigenvalue weighted by Gasteiger charge is -2.21. The van der Waals surface area contributed by atoms with Gasteiger partial charge in [-0.15, -0.1) is 10.2 Å². The Labute approximate surface area is 120 Å². The van der Waals surface area contributed by atoms with E-state index in [9.17, 15) is 4.79 Å². The molecule has 0 atom stereocenters. The van der Waals surface area contributed by atoms with E-state index in [-0.39, 0.29) is 17.4 Å². The number of amides is 1. The lowest BCUT2D eigenvalue weighted by molar-refractivity contribution is -0.120. The van der Waals surface area contributed by atoms with Crippen molar-refractivity contribution in [3.8, 4) is 0 Å². The first-order valence-corrected chi connectivity index (χ1v) is 7.37. The maximum atomic E-state index is 12.1. The minimum atomic E-state index is -0.0540. The molecule has 1 aliphatic rings. The summed E-state index contributed by atoms with van der Waals surface area (Å²) in [7, 11) is 0. The molecule has 1 amide bonds. The summed E-state index contributed by atoms with van der Waals surface area (Å²) in [4.78, 5) is 12.1. The summed E-state index contributed by atoms with van der Waals surface area (Å²) in [5.41, 5.74) is -0.0540. The van der Waals surface area contributed by atoms with Gasteiger partial charge in [0, 0.05) is 11.5 Å². The average Bonchev–Trinajstić information content (AvgIpc) is 2.40. The van der Waals surface area contributed by atoms with E-state index < -0.39 is 0 Å². The van der Waals surface area contributed by atoms with Crippen LogP contribution in [0.5, 0.6) is 0 Å². The van der Waals surface area contributed by atoms with Gasteiger partial charge in [0.2, 0.25) is 5.91 Å². The molecule has 0 aromatic carbocycles. The number of hydrogen-bond donors (Lipinski definition) is 2. The highest BCUT2D eigenvalue weighted by atomic mass is 16.1. The van der Waals surface area contributed by atoms with Crippen molar-refractivity contribution in [1.29, 1.82) is 0 Å². The number of nitrogens with one attached hydrogen (secondary N) is 2. The van der Waals surface area contributed by atoms with Gasteiger partial charge in [0.15, 0.2) is 5.82 Å². The largest absolute Gasteiger partial charge is 0.364 e. The molecule has 20 heavy (non-hydrogen) atoms. The molecule has 0 saturated heterocycles. The second-order valence-electron chi connectivity index (χ2n) is 6.50. The van der Waals surface area contributed by atoms with Crippen LogP contribution in [0.4, 0.5) is 11.6 Å². The summed E-state index contributed by atoms with van der Waals surface area (Å²) in [5.74, 6) is 1.46. The Bertz CT molecular complexity index is 444. The van der Waals surface area contributed by atoms with Gasteiger partial charge < -0.3 is 10.6 Å². The number of hydrogen-bond acceptors (Lipinski definition) is 4. The summed E-state index contributed by atoms with van der Waals surface area (Å²) in [6.45, 7) is 6.19. The van der Waals surface area contributed by atoms with Crippen molar-refractivity contribution in [2.75, 3.05) is 10.6 Å². The maximum absolute atomic E-state index is 12.1. The molecule has 0 radical (unpaired) electrons. The maximum Gasteiger partial charge on any atom is 0.228 e. The van der Waals surface area contributed by atoms with Crippen molar-refractivity contribution in [1.82, 2.24) is 10.2 Å². The van der Waals surface area contributed by atoms with Crippen LogP contribution in [0.3, 0.4) is 0 Å². The second kappa shape index (κ2) is 6.20. The summed E-state index contributed by atoms with van der Waals surface area (Å²) < 4.78 is 0. The van der Waals surface area contributed by atoms with Crippen LogP contribution >= 0.6 is 0 Å². The number of aromatic nitrogens is 2. The van der Waals surface area contributed by atoms with E-state index in [1.165, 1.54) is 6.42 Å². The third-order valence-corrected chi connectivity index (χ3v) is 3.39. The van der Waals surface area contributed by atoms with Gasteiger partial charge in [-0.05, 0) is 45.7 Å².